The molecule has 0 saturated carbocycles. The summed E-state index contributed by atoms with van der Waals surface area (Å²) in [6.07, 6.45) is 0.475. The first-order chi connectivity index (χ1) is 9.95. The first-order valence-electron chi connectivity index (χ1n) is 6.84. The van der Waals surface area contributed by atoms with Crippen molar-refractivity contribution in [3.8, 4) is 11.4 Å². The lowest BCUT2D eigenvalue weighted by Gasteiger charge is -2.10. The van der Waals surface area contributed by atoms with Crippen molar-refractivity contribution in [1.29, 1.82) is 0 Å². The van der Waals surface area contributed by atoms with E-state index in [1.54, 1.807) is 12.1 Å². The van der Waals surface area contributed by atoms with E-state index in [2.05, 4.69) is 15.5 Å². The molecule has 21 heavy (non-hydrogen) atoms. The van der Waals surface area contributed by atoms with Crippen molar-refractivity contribution in [2.75, 3.05) is 0 Å². The number of carbonyl (C=O) groups is 1. The van der Waals surface area contributed by atoms with Crippen molar-refractivity contribution < 1.29 is 9.32 Å². The summed E-state index contributed by atoms with van der Waals surface area (Å²) in [6, 6.07) is 6.85. The van der Waals surface area contributed by atoms with Gasteiger partial charge in [-0.25, -0.2) is 0 Å². The van der Waals surface area contributed by atoms with Gasteiger partial charge in [-0.3, -0.25) is 4.79 Å². The average molecular weight is 308 g/mol. The van der Waals surface area contributed by atoms with Crippen LogP contribution in [0, 0.1) is 5.92 Å². The number of rotatable bonds is 5. The quantitative estimate of drug-likeness (QED) is 0.916. The number of halogens is 1. The van der Waals surface area contributed by atoms with Crippen LogP contribution in [-0.4, -0.2) is 16.0 Å². The van der Waals surface area contributed by atoms with Gasteiger partial charge in [-0.15, -0.1) is 0 Å². The molecule has 1 amide bonds. The molecule has 6 heteroatoms. The van der Waals surface area contributed by atoms with Gasteiger partial charge in [-0.1, -0.05) is 30.6 Å². The molecule has 0 radical (unpaired) electrons. The fourth-order valence-corrected chi connectivity index (χ4v) is 1.99. The second-order valence-electron chi connectivity index (χ2n) is 5.35. The van der Waals surface area contributed by atoms with E-state index in [1.807, 2.05) is 32.9 Å². The molecule has 1 aromatic carbocycles. The van der Waals surface area contributed by atoms with Crippen LogP contribution in [0.15, 0.2) is 28.8 Å². The SMILES string of the molecule is CC(C)CC(=O)NC(C)c1nc(-c2ccc(Cl)cc2)no1. The van der Waals surface area contributed by atoms with Gasteiger partial charge in [0.05, 0.1) is 0 Å². The molecule has 0 aliphatic rings. The standard InChI is InChI=1S/C15H18ClN3O2/c1-9(2)8-13(20)17-10(3)15-18-14(19-21-15)11-4-6-12(16)7-5-11/h4-7,9-10H,8H2,1-3H3,(H,17,20). The van der Waals surface area contributed by atoms with Crippen LogP contribution >= 0.6 is 11.6 Å². The Kier molecular flexibility index (Phi) is 4.96. The van der Waals surface area contributed by atoms with Gasteiger partial charge in [0.2, 0.25) is 17.6 Å². The van der Waals surface area contributed by atoms with Gasteiger partial charge >= 0.3 is 0 Å². The highest BCUT2D eigenvalue weighted by Crippen LogP contribution is 2.20. The number of amides is 1. The predicted octanol–water partition coefficient (Wildman–Crippen LogP) is 3.61. The van der Waals surface area contributed by atoms with Crippen molar-refractivity contribution >= 4 is 17.5 Å². The van der Waals surface area contributed by atoms with Crippen molar-refractivity contribution in [1.82, 2.24) is 15.5 Å². The van der Waals surface area contributed by atoms with Crippen LogP contribution in [0.3, 0.4) is 0 Å². The molecular weight excluding hydrogens is 290 g/mol. The van der Waals surface area contributed by atoms with Crippen LogP contribution in [0.2, 0.25) is 5.02 Å². The third kappa shape index (κ3) is 4.29. The zero-order chi connectivity index (χ0) is 15.4. The van der Waals surface area contributed by atoms with Crippen molar-refractivity contribution in [3.63, 3.8) is 0 Å². The zero-order valence-electron chi connectivity index (χ0n) is 12.3. The molecule has 1 N–H and O–H groups in total. The summed E-state index contributed by atoms with van der Waals surface area (Å²) in [7, 11) is 0. The summed E-state index contributed by atoms with van der Waals surface area (Å²) in [6.45, 7) is 5.81. The fourth-order valence-electron chi connectivity index (χ4n) is 1.86. The molecule has 2 aromatic rings. The number of hydrogen-bond donors (Lipinski definition) is 1. The van der Waals surface area contributed by atoms with E-state index < -0.39 is 0 Å². The van der Waals surface area contributed by atoms with E-state index in [1.165, 1.54) is 0 Å². The number of aromatic nitrogens is 2. The van der Waals surface area contributed by atoms with Crippen LogP contribution in [0.5, 0.6) is 0 Å². The smallest absolute Gasteiger partial charge is 0.249 e. The normalized spacial score (nSPS) is 12.4. The lowest BCUT2D eigenvalue weighted by Crippen LogP contribution is -2.27. The molecule has 1 heterocycles. The van der Waals surface area contributed by atoms with Gasteiger partial charge in [0, 0.05) is 17.0 Å². The van der Waals surface area contributed by atoms with Gasteiger partial charge in [-0.2, -0.15) is 4.98 Å². The lowest BCUT2D eigenvalue weighted by atomic mass is 10.1. The maximum absolute atomic E-state index is 11.7. The zero-order valence-corrected chi connectivity index (χ0v) is 13.0. The Morgan fingerprint density at radius 3 is 2.57 bits per heavy atom. The largest absolute Gasteiger partial charge is 0.345 e. The minimum absolute atomic E-state index is 0.0243. The molecule has 0 spiro atoms. The van der Waals surface area contributed by atoms with Crippen molar-refractivity contribution in [3.05, 3.63) is 35.2 Å². The van der Waals surface area contributed by atoms with E-state index in [0.717, 1.165) is 5.56 Å². The molecule has 0 saturated heterocycles. The van der Waals surface area contributed by atoms with Crippen molar-refractivity contribution in [2.45, 2.75) is 33.2 Å². The van der Waals surface area contributed by atoms with Crippen LogP contribution < -0.4 is 5.32 Å². The van der Waals surface area contributed by atoms with E-state index in [-0.39, 0.29) is 11.9 Å². The van der Waals surface area contributed by atoms with Gasteiger partial charge in [0.25, 0.3) is 0 Å². The first-order valence-corrected chi connectivity index (χ1v) is 7.22. The Bertz CT molecular complexity index is 608. The summed E-state index contributed by atoms with van der Waals surface area (Å²) in [4.78, 5) is 16.0. The topological polar surface area (TPSA) is 68.0 Å². The Hall–Kier alpha value is -1.88. The number of benzene rings is 1. The van der Waals surface area contributed by atoms with E-state index >= 15 is 0 Å². The Morgan fingerprint density at radius 2 is 1.95 bits per heavy atom. The molecule has 0 aliphatic carbocycles. The van der Waals surface area contributed by atoms with Gasteiger partial charge in [0.1, 0.15) is 6.04 Å². The van der Waals surface area contributed by atoms with E-state index in [9.17, 15) is 4.79 Å². The third-order valence-corrected chi connectivity index (χ3v) is 3.14. The molecule has 0 fully saturated rings. The third-order valence-electron chi connectivity index (χ3n) is 2.89. The number of nitrogens with one attached hydrogen (secondary N) is 1. The van der Waals surface area contributed by atoms with E-state index in [4.69, 9.17) is 16.1 Å². The minimum atomic E-state index is -0.315. The van der Waals surface area contributed by atoms with Gasteiger partial charge in [0.15, 0.2) is 0 Å². The molecule has 0 bridgehead atoms. The summed E-state index contributed by atoms with van der Waals surface area (Å²) in [5, 5.41) is 7.42. The lowest BCUT2D eigenvalue weighted by molar-refractivity contribution is -0.122. The number of hydrogen-bond acceptors (Lipinski definition) is 4. The van der Waals surface area contributed by atoms with Crippen LogP contribution in [-0.2, 0) is 4.79 Å². The monoisotopic (exact) mass is 307 g/mol. The molecule has 1 unspecified atom stereocenters. The molecule has 1 atom stereocenters. The predicted molar refractivity (Wildman–Crippen MR) is 80.8 cm³/mol. The summed E-state index contributed by atoms with van der Waals surface area (Å²) < 4.78 is 5.21. The highest BCUT2D eigenvalue weighted by atomic mass is 35.5. The Morgan fingerprint density at radius 1 is 1.29 bits per heavy atom. The maximum atomic E-state index is 11.7. The molecular formula is C15H18ClN3O2. The van der Waals surface area contributed by atoms with Gasteiger partial charge in [-0.05, 0) is 37.1 Å². The van der Waals surface area contributed by atoms with Crippen LogP contribution in [0.4, 0.5) is 0 Å². The van der Waals surface area contributed by atoms with E-state index in [0.29, 0.717) is 29.1 Å². The highest BCUT2D eigenvalue weighted by Gasteiger charge is 2.17. The van der Waals surface area contributed by atoms with Crippen molar-refractivity contribution in [2.24, 2.45) is 5.92 Å². The summed E-state index contributed by atoms with van der Waals surface area (Å²) in [5.74, 6) is 1.15. The molecule has 2 rings (SSSR count). The number of carbonyl (C=O) groups excluding carboxylic acids is 1. The Balaban J connectivity index is 2.05. The second kappa shape index (κ2) is 6.72. The molecule has 112 valence electrons. The summed E-state index contributed by atoms with van der Waals surface area (Å²) in [5.41, 5.74) is 0.815. The van der Waals surface area contributed by atoms with Crippen LogP contribution in [0.25, 0.3) is 11.4 Å². The second-order valence-corrected chi connectivity index (χ2v) is 5.79. The molecule has 5 nitrogen and oxygen atoms in total. The molecule has 0 aliphatic heterocycles. The van der Waals surface area contributed by atoms with Gasteiger partial charge < -0.3 is 9.84 Å². The van der Waals surface area contributed by atoms with Crippen LogP contribution in [0.1, 0.15) is 39.1 Å². The average Bonchev–Trinajstić information content (AvgIpc) is 2.88. The minimum Gasteiger partial charge on any atom is -0.345 e. The maximum Gasteiger partial charge on any atom is 0.249 e. The Labute approximate surface area is 128 Å². The first kappa shape index (κ1) is 15.5. The summed E-state index contributed by atoms with van der Waals surface area (Å²) >= 11 is 5.84. The fraction of sp³-hybridized carbons (Fsp3) is 0.400. The molecule has 1 aromatic heterocycles. The highest BCUT2D eigenvalue weighted by molar-refractivity contribution is 6.30. The number of nitrogens with zero attached hydrogens (tertiary/aromatic N) is 2.